The van der Waals surface area contributed by atoms with Gasteiger partial charge in [0.2, 0.25) is 0 Å². The maximum absolute atomic E-state index is 5.13. The summed E-state index contributed by atoms with van der Waals surface area (Å²) < 4.78 is 5.13. The minimum Gasteiger partial charge on any atom is -0.383 e. The summed E-state index contributed by atoms with van der Waals surface area (Å²) in [7, 11) is 3.92. The molecule has 0 aromatic carbocycles. The van der Waals surface area contributed by atoms with Crippen LogP contribution in [-0.4, -0.2) is 56.3 Å². The lowest BCUT2D eigenvalue weighted by Gasteiger charge is -2.37. The predicted molar refractivity (Wildman–Crippen MR) is 74.0 cm³/mol. The van der Waals surface area contributed by atoms with E-state index < -0.39 is 0 Å². The average molecular weight is 249 g/mol. The van der Waals surface area contributed by atoms with Crippen molar-refractivity contribution in [3.8, 4) is 0 Å². The molecule has 0 spiro atoms. The molecular weight excluding hydrogens is 226 g/mol. The molecule has 4 nitrogen and oxygen atoms in total. The molecule has 1 aliphatic heterocycles. The molecule has 1 aliphatic rings. The van der Waals surface area contributed by atoms with Crippen molar-refractivity contribution in [1.29, 1.82) is 0 Å². The van der Waals surface area contributed by atoms with Crippen LogP contribution < -0.4 is 4.90 Å². The first-order valence-electron chi connectivity index (χ1n) is 6.66. The summed E-state index contributed by atoms with van der Waals surface area (Å²) in [5.74, 6) is 1.08. The molecule has 2 rings (SSSR count). The number of hydrogen-bond acceptors (Lipinski definition) is 4. The third-order valence-electron chi connectivity index (χ3n) is 3.73. The molecule has 1 aromatic rings. The van der Waals surface area contributed by atoms with Gasteiger partial charge in [-0.15, -0.1) is 0 Å². The Kier molecular flexibility index (Phi) is 4.96. The summed E-state index contributed by atoms with van der Waals surface area (Å²) in [5, 5.41) is 0. The number of ether oxygens (including phenoxy) is 1. The lowest BCUT2D eigenvalue weighted by atomic mass is 10.0. The molecule has 18 heavy (non-hydrogen) atoms. The predicted octanol–water partition coefficient (Wildman–Crippen LogP) is 1.63. The van der Waals surface area contributed by atoms with Gasteiger partial charge in [0.1, 0.15) is 5.82 Å². The van der Waals surface area contributed by atoms with Crippen molar-refractivity contribution in [2.75, 3.05) is 45.3 Å². The van der Waals surface area contributed by atoms with Gasteiger partial charge in [0.05, 0.1) is 6.61 Å². The normalized spacial score (nSPS) is 17.9. The third-order valence-corrected chi connectivity index (χ3v) is 3.73. The van der Waals surface area contributed by atoms with Crippen molar-refractivity contribution >= 4 is 5.82 Å². The number of rotatable bonds is 5. The molecule has 2 heterocycles. The van der Waals surface area contributed by atoms with E-state index in [9.17, 15) is 0 Å². The van der Waals surface area contributed by atoms with Crippen LogP contribution in [0.5, 0.6) is 0 Å². The van der Waals surface area contributed by atoms with E-state index in [0.29, 0.717) is 6.04 Å². The smallest absolute Gasteiger partial charge is 0.128 e. The van der Waals surface area contributed by atoms with Gasteiger partial charge in [0.15, 0.2) is 0 Å². The highest BCUT2D eigenvalue weighted by Gasteiger charge is 2.22. The number of nitrogens with zero attached hydrogens (tertiary/aromatic N) is 3. The Balaban J connectivity index is 1.82. The number of likely N-dealkylation sites (tertiary alicyclic amines) is 1. The maximum atomic E-state index is 5.13. The molecule has 1 fully saturated rings. The first-order chi connectivity index (χ1) is 8.81. The summed E-state index contributed by atoms with van der Waals surface area (Å²) in [5.41, 5.74) is 0. The third kappa shape index (κ3) is 3.43. The van der Waals surface area contributed by atoms with Gasteiger partial charge in [0, 0.05) is 46.0 Å². The molecule has 0 radical (unpaired) electrons. The molecule has 100 valence electrons. The Morgan fingerprint density at radius 2 is 2.17 bits per heavy atom. The average Bonchev–Trinajstić information content (AvgIpc) is 2.46. The first kappa shape index (κ1) is 13.3. The topological polar surface area (TPSA) is 28.6 Å². The van der Waals surface area contributed by atoms with E-state index in [2.05, 4.69) is 27.9 Å². The summed E-state index contributed by atoms with van der Waals surface area (Å²) in [6, 6.07) is 6.70. The highest BCUT2D eigenvalue weighted by atomic mass is 16.5. The Morgan fingerprint density at radius 1 is 1.39 bits per heavy atom. The number of piperidine rings is 1. The number of aromatic nitrogens is 1. The maximum Gasteiger partial charge on any atom is 0.128 e. The van der Waals surface area contributed by atoms with Gasteiger partial charge in [-0.3, -0.25) is 0 Å². The van der Waals surface area contributed by atoms with Crippen molar-refractivity contribution in [3.63, 3.8) is 0 Å². The highest BCUT2D eigenvalue weighted by molar-refractivity contribution is 5.37. The monoisotopic (exact) mass is 249 g/mol. The molecule has 0 atom stereocenters. The van der Waals surface area contributed by atoms with Crippen molar-refractivity contribution in [2.45, 2.75) is 18.9 Å². The molecule has 0 aliphatic carbocycles. The van der Waals surface area contributed by atoms with Crippen LogP contribution >= 0.6 is 0 Å². The number of hydrogen-bond donors (Lipinski definition) is 0. The largest absolute Gasteiger partial charge is 0.383 e. The van der Waals surface area contributed by atoms with Gasteiger partial charge < -0.3 is 14.5 Å². The fourth-order valence-electron chi connectivity index (χ4n) is 2.50. The van der Waals surface area contributed by atoms with Gasteiger partial charge in [0.25, 0.3) is 0 Å². The zero-order valence-electron chi connectivity index (χ0n) is 11.4. The molecule has 0 bridgehead atoms. The Morgan fingerprint density at radius 3 is 2.78 bits per heavy atom. The summed E-state index contributed by atoms with van der Waals surface area (Å²) >= 11 is 0. The lowest BCUT2D eigenvalue weighted by molar-refractivity contribution is 0.130. The van der Waals surface area contributed by atoms with Gasteiger partial charge in [-0.1, -0.05) is 6.07 Å². The van der Waals surface area contributed by atoms with Gasteiger partial charge in [-0.25, -0.2) is 4.98 Å². The standard InChI is InChI=1S/C14H23N3O/c1-16(14-5-3-4-8-15-14)13-6-9-17(10-7-13)11-12-18-2/h3-5,8,13H,6-7,9-12H2,1-2H3. The molecular formula is C14H23N3O. The fourth-order valence-corrected chi connectivity index (χ4v) is 2.50. The molecule has 0 saturated carbocycles. The molecule has 1 saturated heterocycles. The van der Waals surface area contributed by atoms with Crippen LogP contribution in [0.3, 0.4) is 0 Å². The second-order valence-electron chi connectivity index (χ2n) is 4.86. The van der Waals surface area contributed by atoms with Crippen molar-refractivity contribution < 1.29 is 4.74 Å². The Labute approximate surface area is 110 Å². The fraction of sp³-hybridized carbons (Fsp3) is 0.643. The lowest BCUT2D eigenvalue weighted by Crippen LogP contribution is -2.44. The molecule has 0 N–H and O–H groups in total. The SMILES string of the molecule is COCCN1CCC(N(C)c2ccccn2)CC1. The van der Waals surface area contributed by atoms with Crippen LogP contribution in [0.2, 0.25) is 0 Å². The van der Waals surface area contributed by atoms with Crippen LogP contribution in [0.15, 0.2) is 24.4 Å². The first-order valence-corrected chi connectivity index (χ1v) is 6.66. The zero-order chi connectivity index (χ0) is 12.8. The van der Waals surface area contributed by atoms with Gasteiger partial charge >= 0.3 is 0 Å². The van der Waals surface area contributed by atoms with E-state index in [-0.39, 0.29) is 0 Å². The van der Waals surface area contributed by atoms with E-state index in [1.165, 1.54) is 12.8 Å². The number of methoxy groups -OCH3 is 1. The second-order valence-corrected chi connectivity index (χ2v) is 4.86. The quantitative estimate of drug-likeness (QED) is 0.793. The van der Waals surface area contributed by atoms with Gasteiger partial charge in [-0.2, -0.15) is 0 Å². The van der Waals surface area contributed by atoms with Crippen LogP contribution in [-0.2, 0) is 4.74 Å². The molecule has 4 heteroatoms. The van der Waals surface area contributed by atoms with E-state index in [1.807, 2.05) is 18.3 Å². The minimum atomic E-state index is 0.610. The zero-order valence-corrected chi connectivity index (χ0v) is 11.4. The molecule has 1 aromatic heterocycles. The van der Waals surface area contributed by atoms with E-state index in [0.717, 1.165) is 32.1 Å². The van der Waals surface area contributed by atoms with E-state index >= 15 is 0 Å². The summed E-state index contributed by atoms with van der Waals surface area (Å²) in [6.07, 6.45) is 4.27. The highest BCUT2D eigenvalue weighted by Crippen LogP contribution is 2.19. The van der Waals surface area contributed by atoms with Crippen LogP contribution in [0, 0.1) is 0 Å². The van der Waals surface area contributed by atoms with Crippen LogP contribution in [0.25, 0.3) is 0 Å². The minimum absolute atomic E-state index is 0.610. The molecule has 0 amide bonds. The molecule has 0 unspecified atom stereocenters. The second kappa shape index (κ2) is 6.71. The van der Waals surface area contributed by atoms with E-state index in [1.54, 1.807) is 7.11 Å². The Bertz CT molecular complexity index is 336. The van der Waals surface area contributed by atoms with E-state index in [4.69, 9.17) is 4.74 Å². The number of pyridine rings is 1. The van der Waals surface area contributed by atoms with Crippen LogP contribution in [0.4, 0.5) is 5.82 Å². The summed E-state index contributed by atoms with van der Waals surface area (Å²) in [6.45, 7) is 4.20. The van der Waals surface area contributed by atoms with Crippen molar-refractivity contribution in [3.05, 3.63) is 24.4 Å². The van der Waals surface area contributed by atoms with Crippen LogP contribution in [0.1, 0.15) is 12.8 Å². The van der Waals surface area contributed by atoms with Crippen molar-refractivity contribution in [1.82, 2.24) is 9.88 Å². The summed E-state index contributed by atoms with van der Waals surface area (Å²) in [4.78, 5) is 9.21. The van der Waals surface area contributed by atoms with Gasteiger partial charge in [-0.05, 0) is 25.0 Å². The Hall–Kier alpha value is -1.13. The van der Waals surface area contributed by atoms with Crippen molar-refractivity contribution in [2.24, 2.45) is 0 Å². The number of anilines is 1.